The van der Waals surface area contributed by atoms with Gasteiger partial charge in [0.15, 0.2) is 5.13 Å². The van der Waals surface area contributed by atoms with Gasteiger partial charge in [-0.05, 0) is 49.7 Å². The number of carbonyl (C=O) groups excluding carboxylic acids is 1. The van der Waals surface area contributed by atoms with E-state index in [2.05, 4.69) is 15.6 Å². The number of anilines is 3. The molecule has 5 nitrogen and oxygen atoms in total. The van der Waals surface area contributed by atoms with Crippen molar-refractivity contribution >= 4 is 33.8 Å². The summed E-state index contributed by atoms with van der Waals surface area (Å²) in [6.07, 6.45) is 0. The van der Waals surface area contributed by atoms with Gasteiger partial charge in [-0.1, -0.05) is 23.5 Å². The number of hydrogen-bond acceptors (Lipinski definition) is 5. The van der Waals surface area contributed by atoms with E-state index in [0.29, 0.717) is 32.8 Å². The van der Waals surface area contributed by atoms with Crippen LogP contribution in [-0.2, 0) is 0 Å². The Morgan fingerprint density at radius 1 is 1.19 bits per heavy atom. The topological polar surface area (TPSA) is 63.2 Å². The van der Waals surface area contributed by atoms with E-state index in [4.69, 9.17) is 4.74 Å². The van der Waals surface area contributed by atoms with Crippen LogP contribution in [0.2, 0.25) is 0 Å². The number of rotatable bonds is 5. The lowest BCUT2D eigenvalue weighted by Crippen LogP contribution is -2.12. The van der Waals surface area contributed by atoms with Crippen LogP contribution in [0.3, 0.4) is 0 Å². The summed E-state index contributed by atoms with van der Waals surface area (Å²) in [5.41, 5.74) is 2.78. The van der Waals surface area contributed by atoms with Gasteiger partial charge in [-0.15, -0.1) is 0 Å². The Morgan fingerprint density at radius 2 is 2.00 bits per heavy atom. The van der Waals surface area contributed by atoms with Gasteiger partial charge in [-0.25, -0.2) is 9.37 Å². The maximum absolute atomic E-state index is 13.3. The molecule has 2 aromatic carbocycles. The van der Waals surface area contributed by atoms with Gasteiger partial charge < -0.3 is 15.4 Å². The number of thiazole rings is 1. The number of nitrogens with one attached hydrogen (secondary N) is 2. The maximum Gasteiger partial charge on any atom is 0.267 e. The highest BCUT2D eigenvalue weighted by Crippen LogP contribution is 2.29. The van der Waals surface area contributed by atoms with Gasteiger partial charge in [0.25, 0.3) is 5.91 Å². The number of halogens is 1. The van der Waals surface area contributed by atoms with Crippen molar-refractivity contribution in [2.75, 3.05) is 17.7 Å². The quantitative estimate of drug-likeness (QED) is 0.669. The van der Waals surface area contributed by atoms with Crippen LogP contribution in [-0.4, -0.2) is 18.0 Å². The maximum atomic E-state index is 13.3. The molecular weight excluding hydrogens is 353 g/mol. The smallest absolute Gasteiger partial charge is 0.267 e. The molecule has 0 fully saturated rings. The van der Waals surface area contributed by atoms with Crippen molar-refractivity contribution in [3.63, 3.8) is 0 Å². The zero-order valence-electron chi connectivity index (χ0n) is 14.6. The zero-order valence-corrected chi connectivity index (χ0v) is 15.4. The Kier molecular flexibility index (Phi) is 5.18. The standard InChI is InChI=1S/C19H18FN3O2S/c1-11-7-8-16(25-3)15(9-11)23-18(24)17-12(2)21-19(26-17)22-14-6-4-5-13(20)10-14/h4-10H,1-3H3,(H,21,22)(H,23,24). The minimum absolute atomic E-state index is 0.267. The molecule has 1 heterocycles. The van der Waals surface area contributed by atoms with Gasteiger partial charge >= 0.3 is 0 Å². The molecule has 0 saturated heterocycles. The third-order valence-corrected chi connectivity index (χ3v) is 4.75. The van der Waals surface area contributed by atoms with Crippen molar-refractivity contribution in [3.8, 4) is 5.75 Å². The fourth-order valence-corrected chi connectivity index (χ4v) is 3.33. The summed E-state index contributed by atoms with van der Waals surface area (Å²) in [5, 5.41) is 6.41. The monoisotopic (exact) mass is 371 g/mol. The average Bonchev–Trinajstić information content (AvgIpc) is 2.95. The second kappa shape index (κ2) is 7.53. The van der Waals surface area contributed by atoms with E-state index in [1.165, 1.54) is 23.5 Å². The fraction of sp³-hybridized carbons (Fsp3) is 0.158. The third-order valence-electron chi connectivity index (χ3n) is 3.68. The molecule has 134 valence electrons. The van der Waals surface area contributed by atoms with E-state index in [9.17, 15) is 9.18 Å². The molecule has 3 aromatic rings. The lowest BCUT2D eigenvalue weighted by molar-refractivity contribution is 0.102. The van der Waals surface area contributed by atoms with Gasteiger partial charge in [0, 0.05) is 5.69 Å². The third kappa shape index (κ3) is 4.00. The molecular formula is C19H18FN3O2S. The highest BCUT2D eigenvalue weighted by Gasteiger charge is 2.17. The van der Waals surface area contributed by atoms with E-state index in [-0.39, 0.29) is 11.7 Å². The van der Waals surface area contributed by atoms with Crippen LogP contribution >= 0.6 is 11.3 Å². The van der Waals surface area contributed by atoms with Crippen LogP contribution in [0.4, 0.5) is 20.9 Å². The first-order chi connectivity index (χ1) is 12.5. The minimum atomic E-state index is -0.340. The molecule has 2 N–H and O–H groups in total. The van der Waals surface area contributed by atoms with Crippen LogP contribution < -0.4 is 15.4 Å². The lowest BCUT2D eigenvalue weighted by atomic mass is 10.2. The van der Waals surface area contributed by atoms with Crippen molar-refractivity contribution in [2.45, 2.75) is 13.8 Å². The number of aromatic nitrogens is 1. The number of methoxy groups -OCH3 is 1. The first-order valence-electron chi connectivity index (χ1n) is 7.92. The molecule has 0 spiro atoms. The van der Waals surface area contributed by atoms with Crippen molar-refractivity contribution < 1.29 is 13.9 Å². The normalized spacial score (nSPS) is 10.5. The Balaban J connectivity index is 1.80. The molecule has 1 aromatic heterocycles. The highest BCUT2D eigenvalue weighted by atomic mass is 32.1. The Labute approximate surface area is 154 Å². The van der Waals surface area contributed by atoms with Crippen molar-refractivity contribution in [2.24, 2.45) is 0 Å². The van der Waals surface area contributed by atoms with Crippen LogP contribution in [0.15, 0.2) is 42.5 Å². The van der Waals surface area contributed by atoms with Crippen molar-refractivity contribution in [1.29, 1.82) is 0 Å². The molecule has 1 amide bonds. The first kappa shape index (κ1) is 17.9. The second-order valence-corrected chi connectivity index (χ2v) is 6.73. The molecule has 26 heavy (non-hydrogen) atoms. The number of benzene rings is 2. The van der Waals surface area contributed by atoms with Gasteiger partial charge in [0.1, 0.15) is 16.4 Å². The predicted molar refractivity (Wildman–Crippen MR) is 102 cm³/mol. The fourth-order valence-electron chi connectivity index (χ4n) is 2.45. The van der Waals surface area contributed by atoms with Gasteiger partial charge in [0.05, 0.1) is 18.5 Å². The molecule has 0 atom stereocenters. The van der Waals surface area contributed by atoms with E-state index in [1.807, 2.05) is 19.1 Å². The second-order valence-electron chi connectivity index (χ2n) is 5.73. The number of carbonyl (C=O) groups is 1. The van der Waals surface area contributed by atoms with E-state index < -0.39 is 0 Å². The summed E-state index contributed by atoms with van der Waals surface area (Å²) in [7, 11) is 1.55. The number of aryl methyl sites for hydroxylation is 2. The Bertz CT molecular complexity index is 956. The molecule has 0 saturated carbocycles. The zero-order chi connectivity index (χ0) is 18.7. The van der Waals surface area contributed by atoms with Crippen molar-refractivity contribution in [3.05, 3.63) is 64.4 Å². The first-order valence-corrected chi connectivity index (χ1v) is 8.74. The minimum Gasteiger partial charge on any atom is -0.495 e. The number of amides is 1. The summed E-state index contributed by atoms with van der Waals surface area (Å²) < 4.78 is 18.6. The lowest BCUT2D eigenvalue weighted by Gasteiger charge is -2.10. The Hall–Kier alpha value is -2.93. The van der Waals surface area contributed by atoms with Crippen LogP contribution in [0, 0.1) is 19.7 Å². The van der Waals surface area contributed by atoms with E-state index in [1.54, 1.807) is 32.2 Å². The largest absolute Gasteiger partial charge is 0.495 e. The van der Waals surface area contributed by atoms with Crippen molar-refractivity contribution in [1.82, 2.24) is 4.98 Å². The predicted octanol–water partition coefficient (Wildman–Crippen LogP) is 4.90. The molecule has 0 unspecified atom stereocenters. The highest BCUT2D eigenvalue weighted by molar-refractivity contribution is 7.17. The number of nitrogens with zero attached hydrogens (tertiary/aromatic N) is 1. The van der Waals surface area contributed by atoms with Gasteiger partial charge in [-0.3, -0.25) is 4.79 Å². The number of hydrogen-bond donors (Lipinski definition) is 2. The summed E-state index contributed by atoms with van der Waals surface area (Å²) >= 11 is 1.21. The average molecular weight is 371 g/mol. The summed E-state index contributed by atoms with van der Waals surface area (Å²) in [4.78, 5) is 17.5. The van der Waals surface area contributed by atoms with E-state index in [0.717, 1.165) is 5.56 Å². The summed E-state index contributed by atoms with van der Waals surface area (Å²) in [5.74, 6) is -0.0202. The Morgan fingerprint density at radius 3 is 2.73 bits per heavy atom. The molecule has 0 radical (unpaired) electrons. The molecule has 0 aliphatic heterocycles. The molecule has 0 bridgehead atoms. The molecule has 7 heteroatoms. The SMILES string of the molecule is COc1ccc(C)cc1NC(=O)c1sc(Nc2cccc(F)c2)nc1C. The summed E-state index contributed by atoms with van der Waals surface area (Å²) in [6.45, 7) is 3.70. The molecule has 0 aliphatic rings. The summed E-state index contributed by atoms with van der Waals surface area (Å²) in [6, 6.07) is 11.6. The van der Waals surface area contributed by atoms with Gasteiger partial charge in [0.2, 0.25) is 0 Å². The van der Waals surface area contributed by atoms with E-state index >= 15 is 0 Å². The number of ether oxygens (including phenoxy) is 1. The van der Waals surface area contributed by atoms with Gasteiger partial charge in [-0.2, -0.15) is 0 Å². The van der Waals surface area contributed by atoms with Crippen LogP contribution in [0.25, 0.3) is 0 Å². The molecule has 0 aliphatic carbocycles. The molecule has 3 rings (SSSR count). The van der Waals surface area contributed by atoms with Crippen LogP contribution in [0.1, 0.15) is 20.9 Å². The van der Waals surface area contributed by atoms with Crippen LogP contribution in [0.5, 0.6) is 5.75 Å².